The minimum absolute atomic E-state index is 0.151. The van der Waals surface area contributed by atoms with Gasteiger partial charge in [0, 0.05) is 12.1 Å². The van der Waals surface area contributed by atoms with Crippen LogP contribution in [-0.2, 0) is 19.1 Å². The van der Waals surface area contributed by atoms with E-state index in [1.54, 1.807) is 51.1 Å². The molecule has 0 aliphatic rings. The number of nitrogens with two attached hydrogens (primary N) is 1. The summed E-state index contributed by atoms with van der Waals surface area (Å²) in [6, 6.07) is 19.6. The van der Waals surface area contributed by atoms with E-state index in [1.807, 2.05) is 49.4 Å². The quantitative estimate of drug-likeness (QED) is 0.315. The molecule has 4 amide bonds. The predicted molar refractivity (Wildman–Crippen MR) is 155 cm³/mol. The van der Waals surface area contributed by atoms with E-state index >= 15 is 0 Å². The van der Waals surface area contributed by atoms with E-state index < -0.39 is 48.0 Å². The molecule has 0 fully saturated rings. The molecule has 0 aliphatic carbocycles. The van der Waals surface area contributed by atoms with Gasteiger partial charge in [-0.3, -0.25) is 14.4 Å². The lowest BCUT2D eigenvalue weighted by atomic mass is 10.0. The van der Waals surface area contributed by atoms with Crippen LogP contribution in [0.3, 0.4) is 0 Å². The zero-order valence-corrected chi connectivity index (χ0v) is 23.6. The Morgan fingerprint density at radius 3 is 2.27 bits per heavy atom. The SMILES string of the molecule is Cc1ccc(C(C(=O)Nc2ccc3ccccc3c2)N(CC#N)C(=O)C(CCC(N)=O)NC(=O)OC(C)(C)C)cc1. The van der Waals surface area contributed by atoms with Crippen molar-refractivity contribution in [3.05, 3.63) is 77.9 Å². The number of ether oxygens (including phenoxy) is 1. The third kappa shape index (κ3) is 8.80. The number of amides is 4. The molecule has 10 nitrogen and oxygen atoms in total. The molecule has 0 heterocycles. The molecule has 41 heavy (non-hydrogen) atoms. The van der Waals surface area contributed by atoms with E-state index in [4.69, 9.17) is 10.5 Å². The second kappa shape index (κ2) is 13.4. The van der Waals surface area contributed by atoms with Gasteiger partial charge in [0.15, 0.2) is 0 Å². The van der Waals surface area contributed by atoms with Crippen LogP contribution in [0.4, 0.5) is 10.5 Å². The number of benzene rings is 3. The van der Waals surface area contributed by atoms with Gasteiger partial charge in [-0.05, 0) is 62.6 Å². The van der Waals surface area contributed by atoms with Crippen molar-refractivity contribution in [3.8, 4) is 6.07 Å². The molecule has 0 aromatic heterocycles. The summed E-state index contributed by atoms with van der Waals surface area (Å²) in [6.07, 6.45) is -1.25. The van der Waals surface area contributed by atoms with Gasteiger partial charge >= 0.3 is 6.09 Å². The number of hydrogen-bond acceptors (Lipinski definition) is 6. The Kier molecular flexibility index (Phi) is 10.0. The topological polar surface area (TPSA) is 155 Å². The number of fused-ring (bicyclic) bond motifs is 1. The number of aryl methyl sites for hydroxylation is 1. The van der Waals surface area contributed by atoms with E-state index in [2.05, 4.69) is 10.6 Å². The molecule has 0 saturated heterocycles. The zero-order chi connectivity index (χ0) is 30.2. The van der Waals surface area contributed by atoms with E-state index in [1.165, 1.54) is 0 Å². The average Bonchev–Trinajstić information content (AvgIpc) is 2.90. The Hall–Kier alpha value is -4.91. The Morgan fingerprint density at radius 1 is 1.00 bits per heavy atom. The van der Waals surface area contributed by atoms with Gasteiger partial charge in [0.25, 0.3) is 5.91 Å². The molecule has 0 spiro atoms. The summed E-state index contributed by atoms with van der Waals surface area (Å²) in [6.45, 7) is 6.42. The molecule has 10 heteroatoms. The van der Waals surface area contributed by atoms with Crippen LogP contribution >= 0.6 is 0 Å². The largest absolute Gasteiger partial charge is 0.444 e. The Balaban J connectivity index is 2.00. The van der Waals surface area contributed by atoms with Gasteiger partial charge in [-0.2, -0.15) is 5.26 Å². The number of hydrogen-bond donors (Lipinski definition) is 3. The number of anilines is 1. The molecule has 2 atom stereocenters. The van der Waals surface area contributed by atoms with E-state index in [-0.39, 0.29) is 12.8 Å². The fourth-order valence-electron chi connectivity index (χ4n) is 4.27. The number of primary amides is 1. The highest BCUT2D eigenvalue weighted by Gasteiger charge is 2.36. The first-order valence-electron chi connectivity index (χ1n) is 13.2. The molecule has 2 unspecified atom stereocenters. The van der Waals surface area contributed by atoms with Crippen LogP contribution < -0.4 is 16.4 Å². The minimum Gasteiger partial charge on any atom is -0.444 e. The highest BCUT2D eigenvalue weighted by molar-refractivity contribution is 6.00. The van der Waals surface area contributed by atoms with E-state index in [9.17, 15) is 24.4 Å². The molecule has 3 rings (SSSR count). The van der Waals surface area contributed by atoms with Gasteiger partial charge in [0.05, 0.1) is 6.07 Å². The summed E-state index contributed by atoms with van der Waals surface area (Å²) in [5.74, 6) is -1.97. The van der Waals surface area contributed by atoms with Gasteiger partial charge in [-0.1, -0.05) is 60.2 Å². The lowest BCUT2D eigenvalue weighted by molar-refractivity contribution is -0.140. The van der Waals surface area contributed by atoms with Crippen molar-refractivity contribution in [2.24, 2.45) is 5.73 Å². The standard InChI is InChI=1S/C31H35N5O5/c1-20-9-11-22(12-10-20)27(28(38)34-24-14-13-21-7-5-6-8-23(21)19-24)36(18-17-32)29(39)25(15-16-26(33)37)35-30(40)41-31(2,3)4/h5-14,19,25,27H,15-16,18H2,1-4H3,(H2,33,37)(H,34,38)(H,35,40). The fourth-order valence-corrected chi connectivity index (χ4v) is 4.27. The van der Waals surface area contributed by atoms with Crippen molar-refractivity contribution >= 4 is 40.3 Å². The minimum atomic E-state index is -1.29. The highest BCUT2D eigenvalue weighted by Crippen LogP contribution is 2.26. The predicted octanol–water partition coefficient (Wildman–Crippen LogP) is 4.34. The molecule has 214 valence electrons. The second-order valence-electron chi connectivity index (χ2n) is 10.7. The van der Waals surface area contributed by atoms with Crippen molar-refractivity contribution in [1.82, 2.24) is 10.2 Å². The molecule has 4 N–H and O–H groups in total. The molecule has 0 radical (unpaired) electrons. The van der Waals surface area contributed by atoms with Crippen LogP contribution in [0.25, 0.3) is 10.8 Å². The van der Waals surface area contributed by atoms with Crippen molar-refractivity contribution < 1.29 is 23.9 Å². The summed E-state index contributed by atoms with van der Waals surface area (Å²) in [5.41, 5.74) is 6.38. The molecular weight excluding hydrogens is 522 g/mol. The summed E-state index contributed by atoms with van der Waals surface area (Å²) in [4.78, 5) is 53.0. The number of carbonyl (C=O) groups excluding carboxylic acids is 4. The highest BCUT2D eigenvalue weighted by atomic mass is 16.6. The van der Waals surface area contributed by atoms with Gasteiger partial charge < -0.3 is 26.0 Å². The molecule has 3 aromatic carbocycles. The second-order valence-corrected chi connectivity index (χ2v) is 10.7. The maximum Gasteiger partial charge on any atom is 0.408 e. The zero-order valence-electron chi connectivity index (χ0n) is 23.6. The normalized spacial score (nSPS) is 12.5. The fraction of sp³-hybridized carbons (Fsp3) is 0.323. The van der Waals surface area contributed by atoms with Crippen molar-refractivity contribution in [3.63, 3.8) is 0 Å². The molecular formula is C31H35N5O5. The monoisotopic (exact) mass is 557 g/mol. The summed E-state index contributed by atoms with van der Waals surface area (Å²) in [5, 5.41) is 17.0. The van der Waals surface area contributed by atoms with Crippen LogP contribution in [0, 0.1) is 18.3 Å². The van der Waals surface area contributed by atoms with Crippen LogP contribution in [0.1, 0.15) is 50.8 Å². The molecule has 0 saturated carbocycles. The Bertz CT molecular complexity index is 1460. The van der Waals surface area contributed by atoms with Gasteiger partial charge in [0.2, 0.25) is 11.8 Å². The number of rotatable bonds is 10. The number of carbonyl (C=O) groups is 4. The van der Waals surface area contributed by atoms with Crippen molar-refractivity contribution in [1.29, 1.82) is 5.26 Å². The smallest absolute Gasteiger partial charge is 0.408 e. The number of nitrogens with one attached hydrogen (secondary N) is 2. The van der Waals surface area contributed by atoms with Crippen LogP contribution in [0.2, 0.25) is 0 Å². The van der Waals surface area contributed by atoms with Crippen LogP contribution in [-0.4, -0.2) is 46.9 Å². The van der Waals surface area contributed by atoms with E-state index in [0.717, 1.165) is 21.2 Å². The lowest BCUT2D eigenvalue weighted by Gasteiger charge is -2.33. The van der Waals surface area contributed by atoms with E-state index in [0.29, 0.717) is 11.3 Å². The van der Waals surface area contributed by atoms with Crippen LogP contribution in [0.15, 0.2) is 66.7 Å². The summed E-state index contributed by atoms with van der Waals surface area (Å²) < 4.78 is 5.30. The van der Waals surface area contributed by atoms with Crippen LogP contribution in [0.5, 0.6) is 0 Å². The first-order chi connectivity index (χ1) is 19.4. The van der Waals surface area contributed by atoms with Crippen molar-refractivity contribution in [2.45, 2.75) is 58.2 Å². The number of nitriles is 1. The maximum absolute atomic E-state index is 13.9. The van der Waals surface area contributed by atoms with Gasteiger partial charge in [0.1, 0.15) is 24.2 Å². The first kappa shape index (κ1) is 30.6. The van der Waals surface area contributed by atoms with Gasteiger partial charge in [-0.15, -0.1) is 0 Å². The summed E-state index contributed by atoms with van der Waals surface area (Å²) >= 11 is 0. The van der Waals surface area contributed by atoms with Gasteiger partial charge in [-0.25, -0.2) is 4.79 Å². The lowest BCUT2D eigenvalue weighted by Crippen LogP contribution is -2.52. The summed E-state index contributed by atoms with van der Waals surface area (Å²) in [7, 11) is 0. The Morgan fingerprint density at radius 2 is 1.66 bits per heavy atom. The molecule has 0 bridgehead atoms. The number of nitrogens with zero attached hydrogens (tertiary/aromatic N) is 2. The average molecular weight is 558 g/mol. The third-order valence-corrected chi connectivity index (χ3v) is 6.16. The third-order valence-electron chi connectivity index (χ3n) is 6.16. The maximum atomic E-state index is 13.9. The number of alkyl carbamates (subject to hydrolysis) is 1. The first-order valence-corrected chi connectivity index (χ1v) is 13.2. The van der Waals surface area contributed by atoms with Crippen molar-refractivity contribution in [2.75, 3.05) is 11.9 Å². The molecule has 0 aliphatic heterocycles. The Labute approximate surface area is 239 Å². The molecule has 3 aromatic rings.